The van der Waals surface area contributed by atoms with Crippen molar-refractivity contribution in [3.05, 3.63) is 68.7 Å². The lowest BCUT2D eigenvalue weighted by atomic mass is 10.1. The Hall–Kier alpha value is -4.24. The van der Waals surface area contributed by atoms with Crippen molar-refractivity contribution >= 4 is 33.3 Å². The van der Waals surface area contributed by atoms with E-state index < -0.39 is 11.3 Å². The molecule has 0 bridgehead atoms. The van der Waals surface area contributed by atoms with Crippen LogP contribution in [0.15, 0.2) is 66.3 Å². The number of rotatable bonds is 12. The second-order valence-electron chi connectivity index (χ2n) is 9.57. The zero-order valence-corrected chi connectivity index (χ0v) is 24.4. The van der Waals surface area contributed by atoms with E-state index in [1.165, 1.54) is 18.4 Å². The summed E-state index contributed by atoms with van der Waals surface area (Å²) in [6.45, 7) is 5.30. The second kappa shape index (κ2) is 12.5. The Balaban J connectivity index is 1.56. The predicted molar refractivity (Wildman–Crippen MR) is 161 cm³/mol. The molecule has 0 aliphatic heterocycles. The van der Waals surface area contributed by atoms with Gasteiger partial charge in [0.1, 0.15) is 34.2 Å². The van der Waals surface area contributed by atoms with E-state index in [4.69, 9.17) is 27.8 Å². The van der Waals surface area contributed by atoms with E-state index >= 15 is 0 Å². The number of benzene rings is 2. The molecule has 3 aromatic heterocycles. The summed E-state index contributed by atoms with van der Waals surface area (Å²) in [4.78, 5) is 26.8. The second-order valence-corrected chi connectivity index (χ2v) is 10.5. The van der Waals surface area contributed by atoms with E-state index in [-0.39, 0.29) is 0 Å². The third kappa shape index (κ3) is 5.95. The molecule has 41 heavy (non-hydrogen) atoms. The zero-order valence-electron chi connectivity index (χ0n) is 23.5. The minimum absolute atomic E-state index is 0.357. The Labute approximate surface area is 241 Å². The first-order valence-corrected chi connectivity index (χ1v) is 14.5. The van der Waals surface area contributed by atoms with E-state index in [1.54, 1.807) is 43.5 Å². The monoisotopic (exact) mass is 576 g/mol. The highest BCUT2D eigenvalue weighted by Gasteiger charge is 2.18. The van der Waals surface area contributed by atoms with Gasteiger partial charge in [-0.2, -0.15) is 0 Å². The Morgan fingerprint density at radius 3 is 1.98 bits per heavy atom. The maximum Gasteiger partial charge on any atom is 0.345 e. The van der Waals surface area contributed by atoms with Crippen molar-refractivity contribution in [2.75, 3.05) is 27.4 Å². The number of unbranched alkanes of at least 4 members (excludes halogenated alkanes) is 2. The maximum absolute atomic E-state index is 13.2. The number of hydrogen-bond acceptors (Lipinski definition) is 9. The summed E-state index contributed by atoms with van der Waals surface area (Å²) in [5.41, 5.74) is 1.11. The van der Waals surface area contributed by atoms with E-state index in [0.717, 1.165) is 25.7 Å². The molecule has 0 N–H and O–H groups in total. The Kier molecular flexibility index (Phi) is 8.64. The number of hydrogen-bond donors (Lipinski definition) is 0. The van der Waals surface area contributed by atoms with Gasteiger partial charge < -0.3 is 27.8 Å². The summed E-state index contributed by atoms with van der Waals surface area (Å²) in [6, 6.07) is 12.2. The quantitative estimate of drug-likeness (QED) is 0.110. The van der Waals surface area contributed by atoms with Gasteiger partial charge >= 0.3 is 11.3 Å². The van der Waals surface area contributed by atoms with Crippen molar-refractivity contribution in [3.63, 3.8) is 0 Å². The van der Waals surface area contributed by atoms with E-state index in [2.05, 4.69) is 13.8 Å². The van der Waals surface area contributed by atoms with Crippen LogP contribution >= 0.6 is 11.3 Å². The minimum Gasteiger partial charge on any atom is -0.496 e. The maximum atomic E-state index is 13.2. The van der Waals surface area contributed by atoms with E-state index in [0.29, 0.717) is 79.7 Å². The van der Waals surface area contributed by atoms with Crippen LogP contribution in [-0.4, -0.2) is 27.4 Å². The van der Waals surface area contributed by atoms with Crippen molar-refractivity contribution < 1.29 is 27.8 Å². The molecule has 214 valence electrons. The highest BCUT2D eigenvalue weighted by molar-refractivity contribution is 7.14. The smallest absolute Gasteiger partial charge is 0.345 e. The third-order valence-electron chi connectivity index (χ3n) is 6.73. The molecule has 0 radical (unpaired) electrons. The van der Waals surface area contributed by atoms with Crippen LogP contribution in [-0.2, 0) is 0 Å². The fourth-order valence-corrected chi connectivity index (χ4v) is 5.38. The van der Waals surface area contributed by atoms with Crippen molar-refractivity contribution in [2.45, 2.75) is 39.5 Å². The van der Waals surface area contributed by atoms with Crippen LogP contribution in [0.2, 0.25) is 0 Å². The molecule has 0 unspecified atom stereocenters. The molecule has 0 fully saturated rings. The lowest BCUT2D eigenvalue weighted by molar-refractivity contribution is 0.296. The summed E-state index contributed by atoms with van der Waals surface area (Å²) in [7, 11) is 3.08. The molecule has 8 nitrogen and oxygen atoms in total. The first kappa shape index (κ1) is 28.3. The van der Waals surface area contributed by atoms with Crippen molar-refractivity contribution in [1.82, 2.24) is 0 Å². The van der Waals surface area contributed by atoms with Gasteiger partial charge in [0.2, 0.25) is 0 Å². The number of ether oxygens (including phenoxy) is 4. The van der Waals surface area contributed by atoms with Crippen LogP contribution in [0.5, 0.6) is 23.0 Å². The van der Waals surface area contributed by atoms with Crippen LogP contribution in [0.3, 0.4) is 0 Å². The molecule has 3 heterocycles. The number of fused-ring (bicyclic) bond motifs is 2. The van der Waals surface area contributed by atoms with E-state index in [1.807, 2.05) is 11.4 Å². The molecule has 5 rings (SSSR count). The third-order valence-corrected chi connectivity index (χ3v) is 7.69. The van der Waals surface area contributed by atoms with Gasteiger partial charge in [-0.3, -0.25) is 0 Å². The molecular formula is C32H32O8S. The highest BCUT2D eigenvalue weighted by atomic mass is 32.1. The molecular weight excluding hydrogens is 544 g/mol. The predicted octanol–water partition coefficient (Wildman–Crippen LogP) is 7.67. The molecule has 0 saturated heterocycles. The molecule has 2 aromatic carbocycles. The van der Waals surface area contributed by atoms with Crippen LogP contribution in [0.25, 0.3) is 43.5 Å². The van der Waals surface area contributed by atoms with Gasteiger partial charge in [0, 0.05) is 34.7 Å². The number of thiophene rings is 1. The van der Waals surface area contributed by atoms with Gasteiger partial charge in [0.05, 0.1) is 49.3 Å². The first-order chi connectivity index (χ1) is 19.9. The van der Waals surface area contributed by atoms with Gasteiger partial charge in [-0.05, 0) is 36.4 Å². The molecule has 0 atom stereocenters. The lowest BCUT2D eigenvalue weighted by Gasteiger charge is -2.12. The van der Waals surface area contributed by atoms with Crippen molar-refractivity contribution in [2.24, 2.45) is 0 Å². The van der Waals surface area contributed by atoms with Crippen LogP contribution < -0.4 is 30.2 Å². The van der Waals surface area contributed by atoms with Crippen LogP contribution in [0.1, 0.15) is 39.5 Å². The normalized spacial score (nSPS) is 11.2. The van der Waals surface area contributed by atoms with Crippen molar-refractivity contribution in [3.8, 4) is 44.6 Å². The van der Waals surface area contributed by atoms with Crippen LogP contribution in [0, 0.1) is 0 Å². The molecule has 0 amide bonds. The fourth-order valence-electron chi connectivity index (χ4n) is 4.47. The summed E-state index contributed by atoms with van der Waals surface area (Å²) in [6.07, 6.45) is 3.82. The Bertz CT molecular complexity index is 1800. The molecule has 0 spiro atoms. The average Bonchev–Trinajstić information content (AvgIpc) is 3.45. The lowest BCUT2D eigenvalue weighted by Crippen LogP contribution is -2.05. The SMILES string of the molecule is CCCCOc1cc(OCCCC)c2cc(-c3csc(-c4cc5c(OC)cc(OC)cc5oc4=O)c3)c(=O)oc2c1. The van der Waals surface area contributed by atoms with Gasteiger partial charge in [-0.15, -0.1) is 11.3 Å². The average molecular weight is 577 g/mol. The largest absolute Gasteiger partial charge is 0.496 e. The number of methoxy groups -OCH3 is 2. The molecule has 9 heteroatoms. The highest BCUT2D eigenvalue weighted by Crippen LogP contribution is 2.37. The Morgan fingerprint density at radius 2 is 1.29 bits per heavy atom. The van der Waals surface area contributed by atoms with Crippen LogP contribution in [0.4, 0.5) is 0 Å². The molecule has 0 aliphatic carbocycles. The minimum atomic E-state index is -0.506. The van der Waals surface area contributed by atoms with Crippen molar-refractivity contribution in [1.29, 1.82) is 0 Å². The standard InChI is InChI=1S/C32H32O8S/c1-5-7-9-37-21-14-27(38-10-8-6-2)24-16-22(31(33)39-29(24)15-21)19-11-30(41-18-19)25-17-23-26(36-4)12-20(35-3)13-28(23)40-32(25)34/h11-18H,5-10H2,1-4H3. The topological polar surface area (TPSA) is 97.3 Å². The molecule has 0 saturated carbocycles. The van der Waals surface area contributed by atoms with Gasteiger partial charge in [0.15, 0.2) is 0 Å². The molecule has 5 aromatic rings. The summed E-state index contributed by atoms with van der Waals surface area (Å²) >= 11 is 1.33. The Morgan fingerprint density at radius 1 is 0.683 bits per heavy atom. The fraction of sp³-hybridized carbons (Fsp3) is 0.312. The summed E-state index contributed by atoms with van der Waals surface area (Å²) in [5, 5.41) is 3.13. The zero-order chi connectivity index (χ0) is 28.9. The van der Waals surface area contributed by atoms with Gasteiger partial charge in [-0.1, -0.05) is 26.7 Å². The summed E-state index contributed by atoms with van der Waals surface area (Å²) in [5.74, 6) is 2.23. The van der Waals surface area contributed by atoms with Gasteiger partial charge in [-0.25, -0.2) is 9.59 Å². The van der Waals surface area contributed by atoms with Gasteiger partial charge in [0.25, 0.3) is 0 Å². The first-order valence-electron chi connectivity index (χ1n) is 13.6. The molecule has 0 aliphatic rings. The van der Waals surface area contributed by atoms with E-state index in [9.17, 15) is 9.59 Å². The summed E-state index contributed by atoms with van der Waals surface area (Å²) < 4.78 is 34.2.